The molecule has 2 aromatic carbocycles. The summed E-state index contributed by atoms with van der Waals surface area (Å²) in [6.07, 6.45) is 0. The van der Waals surface area contributed by atoms with E-state index in [1.165, 1.54) is 7.11 Å². The van der Waals surface area contributed by atoms with E-state index in [9.17, 15) is 10.1 Å². The molecule has 6 nitrogen and oxygen atoms in total. The minimum absolute atomic E-state index is 0.0471. The van der Waals surface area contributed by atoms with Crippen LogP contribution in [0.4, 0.5) is 0 Å². The van der Waals surface area contributed by atoms with Gasteiger partial charge in [0.15, 0.2) is 16.3 Å². The van der Waals surface area contributed by atoms with Crippen LogP contribution in [0.5, 0.6) is 11.5 Å². The first-order valence-electron chi connectivity index (χ1n) is 7.84. The second kappa shape index (κ2) is 8.20. The molecule has 2 N–H and O–H groups in total. The number of halogens is 1. The topological polar surface area (TPSA) is 90.9 Å². The SMILES string of the molecule is COc1cc(-c2[nH]c(=S)[nH]c(=O)c2C#N)ccc1OCc1ccc(Br)cc1. The molecule has 0 unspecified atom stereocenters. The van der Waals surface area contributed by atoms with Gasteiger partial charge in [-0.1, -0.05) is 28.1 Å². The molecule has 0 aliphatic rings. The van der Waals surface area contributed by atoms with Crippen LogP contribution >= 0.6 is 28.1 Å². The predicted molar refractivity (Wildman–Crippen MR) is 107 cm³/mol. The second-order valence-corrected chi connectivity index (χ2v) is 6.87. The Morgan fingerprint density at radius 2 is 1.89 bits per heavy atom. The summed E-state index contributed by atoms with van der Waals surface area (Å²) < 4.78 is 12.4. The Bertz CT molecular complexity index is 1130. The van der Waals surface area contributed by atoms with E-state index in [2.05, 4.69) is 25.9 Å². The Balaban J connectivity index is 1.93. The third-order valence-electron chi connectivity index (χ3n) is 3.81. The Hall–Kier alpha value is -2.89. The van der Waals surface area contributed by atoms with Gasteiger partial charge >= 0.3 is 0 Å². The summed E-state index contributed by atoms with van der Waals surface area (Å²) in [6, 6.07) is 14.9. The number of hydrogen-bond donors (Lipinski definition) is 2. The number of ether oxygens (including phenoxy) is 2. The molecule has 0 amide bonds. The van der Waals surface area contributed by atoms with Crippen molar-refractivity contribution in [1.29, 1.82) is 5.26 Å². The molecular formula is C19H14BrN3O3S. The number of rotatable bonds is 5. The van der Waals surface area contributed by atoms with Crippen LogP contribution in [0, 0.1) is 16.1 Å². The van der Waals surface area contributed by atoms with E-state index in [1.807, 2.05) is 30.3 Å². The number of hydrogen-bond acceptors (Lipinski definition) is 5. The highest BCUT2D eigenvalue weighted by molar-refractivity contribution is 9.10. The molecular weight excluding hydrogens is 430 g/mol. The summed E-state index contributed by atoms with van der Waals surface area (Å²) in [6.45, 7) is 0.375. The lowest BCUT2D eigenvalue weighted by Crippen LogP contribution is -2.13. The number of benzene rings is 2. The number of nitriles is 1. The summed E-state index contributed by atoms with van der Waals surface area (Å²) in [5.74, 6) is 1.03. The van der Waals surface area contributed by atoms with Gasteiger partial charge in [-0.05, 0) is 48.1 Å². The Kier molecular flexibility index (Phi) is 5.74. The summed E-state index contributed by atoms with van der Waals surface area (Å²) in [5, 5.41) is 9.28. The van der Waals surface area contributed by atoms with E-state index in [4.69, 9.17) is 21.7 Å². The Labute approximate surface area is 168 Å². The van der Waals surface area contributed by atoms with Crippen molar-refractivity contribution < 1.29 is 9.47 Å². The molecule has 1 heterocycles. The monoisotopic (exact) mass is 443 g/mol. The summed E-state index contributed by atoms with van der Waals surface area (Å²) >= 11 is 8.40. The number of aromatic amines is 2. The van der Waals surface area contributed by atoms with Crippen molar-refractivity contribution in [2.45, 2.75) is 6.61 Å². The molecule has 0 aliphatic carbocycles. The van der Waals surface area contributed by atoms with E-state index < -0.39 is 5.56 Å². The molecule has 0 saturated carbocycles. The zero-order valence-electron chi connectivity index (χ0n) is 14.2. The molecule has 0 fully saturated rings. The number of aromatic nitrogens is 2. The second-order valence-electron chi connectivity index (χ2n) is 5.55. The van der Waals surface area contributed by atoms with Crippen molar-refractivity contribution in [2.75, 3.05) is 7.11 Å². The Morgan fingerprint density at radius 1 is 1.15 bits per heavy atom. The van der Waals surface area contributed by atoms with Crippen molar-refractivity contribution in [3.05, 3.63) is 73.2 Å². The first-order chi connectivity index (χ1) is 13.0. The van der Waals surface area contributed by atoms with Gasteiger partial charge in [0.2, 0.25) is 0 Å². The quantitative estimate of drug-likeness (QED) is 0.572. The van der Waals surface area contributed by atoms with Gasteiger partial charge in [0.25, 0.3) is 5.56 Å². The summed E-state index contributed by atoms with van der Waals surface area (Å²) in [4.78, 5) is 17.2. The van der Waals surface area contributed by atoms with Crippen LogP contribution < -0.4 is 15.0 Å². The van der Waals surface area contributed by atoms with E-state index in [0.717, 1.165) is 10.0 Å². The first kappa shape index (κ1) is 18.9. The minimum Gasteiger partial charge on any atom is -0.493 e. The van der Waals surface area contributed by atoms with Crippen LogP contribution in [0.1, 0.15) is 11.1 Å². The molecule has 0 spiro atoms. The molecule has 0 bridgehead atoms. The zero-order valence-corrected chi connectivity index (χ0v) is 16.6. The van der Waals surface area contributed by atoms with Crippen molar-refractivity contribution in [1.82, 2.24) is 9.97 Å². The van der Waals surface area contributed by atoms with Gasteiger partial charge in [0, 0.05) is 10.0 Å². The standard InChI is InChI=1S/C19H14BrN3O3S/c1-25-16-8-12(17-14(9-21)18(24)23-19(27)22-17)4-7-15(16)26-10-11-2-5-13(20)6-3-11/h2-8H,10H2,1H3,(H2,22,23,24,27). The molecule has 0 atom stereocenters. The third kappa shape index (κ3) is 4.27. The maximum absolute atomic E-state index is 11.9. The smallest absolute Gasteiger partial charge is 0.270 e. The molecule has 3 rings (SSSR count). The van der Waals surface area contributed by atoms with Crippen molar-refractivity contribution >= 4 is 28.1 Å². The van der Waals surface area contributed by atoms with Gasteiger partial charge < -0.3 is 14.5 Å². The first-order valence-corrected chi connectivity index (χ1v) is 9.04. The fraction of sp³-hybridized carbons (Fsp3) is 0.105. The van der Waals surface area contributed by atoms with Crippen LogP contribution in [0.3, 0.4) is 0 Å². The molecule has 8 heteroatoms. The van der Waals surface area contributed by atoms with Crippen LogP contribution in [-0.4, -0.2) is 17.1 Å². The number of nitrogens with zero attached hydrogens (tertiary/aromatic N) is 1. The lowest BCUT2D eigenvalue weighted by Gasteiger charge is -2.13. The van der Waals surface area contributed by atoms with E-state index in [0.29, 0.717) is 29.4 Å². The van der Waals surface area contributed by atoms with Crippen molar-refractivity contribution in [3.8, 4) is 28.8 Å². The normalized spacial score (nSPS) is 10.3. The fourth-order valence-electron chi connectivity index (χ4n) is 2.49. The van der Waals surface area contributed by atoms with Crippen molar-refractivity contribution in [3.63, 3.8) is 0 Å². The van der Waals surface area contributed by atoms with Crippen molar-refractivity contribution in [2.24, 2.45) is 0 Å². The molecule has 1 aromatic heterocycles. The van der Waals surface area contributed by atoms with Gasteiger partial charge in [-0.25, -0.2) is 0 Å². The number of nitrogens with one attached hydrogen (secondary N) is 2. The molecule has 27 heavy (non-hydrogen) atoms. The van der Waals surface area contributed by atoms with E-state index in [-0.39, 0.29) is 10.3 Å². The van der Waals surface area contributed by atoms with Crippen LogP contribution in [0.25, 0.3) is 11.3 Å². The van der Waals surface area contributed by atoms with E-state index in [1.54, 1.807) is 18.2 Å². The highest BCUT2D eigenvalue weighted by Crippen LogP contribution is 2.33. The van der Waals surface area contributed by atoms with Gasteiger partial charge in [0.1, 0.15) is 18.2 Å². The van der Waals surface area contributed by atoms with Gasteiger partial charge in [0.05, 0.1) is 12.8 Å². The van der Waals surface area contributed by atoms with E-state index >= 15 is 0 Å². The number of H-pyrrole nitrogens is 2. The highest BCUT2D eigenvalue weighted by atomic mass is 79.9. The average Bonchev–Trinajstić information content (AvgIpc) is 2.67. The molecule has 3 aromatic rings. The minimum atomic E-state index is -0.536. The van der Waals surface area contributed by atoms with Gasteiger partial charge in [-0.15, -0.1) is 0 Å². The molecule has 0 aliphatic heterocycles. The third-order valence-corrected chi connectivity index (χ3v) is 4.55. The maximum Gasteiger partial charge on any atom is 0.270 e. The van der Waals surface area contributed by atoms with Crippen LogP contribution in [0.15, 0.2) is 51.7 Å². The van der Waals surface area contributed by atoms with Crippen LogP contribution in [0.2, 0.25) is 0 Å². The van der Waals surface area contributed by atoms with Crippen LogP contribution in [-0.2, 0) is 6.61 Å². The lowest BCUT2D eigenvalue weighted by atomic mass is 10.1. The predicted octanol–water partition coefficient (Wildman–Crippen LogP) is 4.32. The van der Waals surface area contributed by atoms with Gasteiger partial charge in [-0.3, -0.25) is 9.78 Å². The summed E-state index contributed by atoms with van der Waals surface area (Å²) in [5.41, 5.74) is 1.36. The summed E-state index contributed by atoms with van der Waals surface area (Å²) in [7, 11) is 1.52. The molecule has 136 valence electrons. The molecule has 0 saturated heterocycles. The lowest BCUT2D eigenvalue weighted by molar-refractivity contribution is 0.284. The average molecular weight is 444 g/mol. The fourth-order valence-corrected chi connectivity index (χ4v) is 2.95. The maximum atomic E-state index is 11.9. The molecule has 0 radical (unpaired) electrons. The highest BCUT2D eigenvalue weighted by Gasteiger charge is 2.13. The van der Waals surface area contributed by atoms with Gasteiger partial charge in [-0.2, -0.15) is 5.26 Å². The largest absolute Gasteiger partial charge is 0.493 e. The zero-order chi connectivity index (χ0) is 19.4. The Morgan fingerprint density at radius 3 is 2.56 bits per heavy atom. The number of methoxy groups -OCH3 is 1.